The molecule has 1 amide bonds. The third-order valence-corrected chi connectivity index (χ3v) is 4.62. The van der Waals surface area contributed by atoms with E-state index in [9.17, 15) is 13.2 Å². The van der Waals surface area contributed by atoms with E-state index in [4.69, 9.17) is 17.3 Å². The number of amides is 1. The first-order valence-corrected chi connectivity index (χ1v) is 8.45. The Morgan fingerprint density at radius 2 is 1.87 bits per heavy atom. The van der Waals surface area contributed by atoms with Crippen LogP contribution in [0.5, 0.6) is 0 Å². The molecule has 9 heteroatoms. The van der Waals surface area contributed by atoms with E-state index in [1.165, 1.54) is 31.2 Å². The highest BCUT2D eigenvalue weighted by atomic mass is 35.5. The number of rotatable bonds is 4. The number of aromatic nitrogens is 2. The van der Waals surface area contributed by atoms with Crippen LogP contribution in [0.4, 0.5) is 0 Å². The highest BCUT2D eigenvalue weighted by Gasteiger charge is 2.17. The highest BCUT2D eigenvalue weighted by molar-refractivity contribution is 7.90. The van der Waals surface area contributed by atoms with Crippen LogP contribution >= 0.6 is 11.6 Å². The Balaban J connectivity index is 2.63. The van der Waals surface area contributed by atoms with Crippen LogP contribution in [-0.4, -0.2) is 24.1 Å². The Kier molecular flexibility index (Phi) is 4.86. The smallest absolute Gasteiger partial charge is 0.284 e. The Labute approximate surface area is 138 Å². The van der Waals surface area contributed by atoms with E-state index < -0.39 is 22.0 Å². The van der Waals surface area contributed by atoms with Crippen LogP contribution in [-0.2, 0) is 14.8 Å². The average Bonchev–Trinajstić information content (AvgIpc) is 2.48. The van der Waals surface area contributed by atoms with Crippen LogP contribution in [0.1, 0.15) is 18.5 Å². The number of hydrogen-bond acceptors (Lipinski definition) is 4. The summed E-state index contributed by atoms with van der Waals surface area (Å²) in [4.78, 5) is 11.4. The first kappa shape index (κ1) is 17.2. The molecule has 2 rings (SSSR count). The summed E-state index contributed by atoms with van der Waals surface area (Å²) in [5.74, 6) is -0.686. The van der Waals surface area contributed by atoms with Crippen LogP contribution in [0, 0.1) is 6.92 Å². The second-order valence-corrected chi connectivity index (χ2v) is 6.91. The molecule has 1 unspecified atom stereocenters. The lowest BCUT2D eigenvalue weighted by atomic mass is 10.2. The minimum Gasteiger partial charge on any atom is -0.368 e. The van der Waals surface area contributed by atoms with E-state index in [0.29, 0.717) is 0 Å². The maximum atomic E-state index is 12.4. The summed E-state index contributed by atoms with van der Waals surface area (Å²) in [7, 11) is -3.96. The van der Waals surface area contributed by atoms with Gasteiger partial charge in [0, 0.05) is 0 Å². The maximum absolute atomic E-state index is 12.4. The Hall–Kier alpha value is -2.19. The van der Waals surface area contributed by atoms with Crippen molar-refractivity contribution in [1.82, 2.24) is 9.78 Å². The van der Waals surface area contributed by atoms with Gasteiger partial charge in [-0.25, -0.2) is 4.68 Å². The van der Waals surface area contributed by atoms with E-state index in [1.54, 1.807) is 12.1 Å². The third-order valence-electron chi connectivity index (χ3n) is 3.12. The second kappa shape index (κ2) is 6.51. The summed E-state index contributed by atoms with van der Waals surface area (Å²) in [6.45, 7) is 3.32. The van der Waals surface area contributed by atoms with Crippen molar-refractivity contribution in [1.29, 1.82) is 0 Å². The highest BCUT2D eigenvalue weighted by Crippen LogP contribution is 2.13. The summed E-state index contributed by atoms with van der Waals surface area (Å²) in [6.07, 6.45) is 0. The zero-order valence-electron chi connectivity index (χ0n) is 12.5. The zero-order valence-corrected chi connectivity index (χ0v) is 14.0. The molecule has 23 heavy (non-hydrogen) atoms. The quantitative estimate of drug-likeness (QED) is 0.889. The van der Waals surface area contributed by atoms with Crippen molar-refractivity contribution in [3.63, 3.8) is 0 Å². The Morgan fingerprint density at radius 1 is 1.26 bits per heavy atom. The predicted octanol–water partition coefficient (Wildman–Crippen LogP) is 1.18. The fourth-order valence-corrected chi connectivity index (χ4v) is 2.89. The van der Waals surface area contributed by atoms with Crippen molar-refractivity contribution in [2.45, 2.75) is 24.8 Å². The van der Waals surface area contributed by atoms with Crippen LogP contribution in [0.15, 0.2) is 45.7 Å². The van der Waals surface area contributed by atoms with E-state index >= 15 is 0 Å². The molecular formula is C14H15ClN4O3S. The lowest BCUT2D eigenvalue weighted by molar-refractivity contribution is -0.121. The largest absolute Gasteiger partial charge is 0.368 e. The van der Waals surface area contributed by atoms with Crippen molar-refractivity contribution < 1.29 is 13.2 Å². The molecular weight excluding hydrogens is 340 g/mol. The lowest BCUT2D eigenvalue weighted by Gasteiger charge is -2.11. The molecule has 0 aliphatic heterocycles. The molecule has 0 saturated carbocycles. The average molecular weight is 355 g/mol. The van der Waals surface area contributed by atoms with Gasteiger partial charge in [-0.3, -0.25) is 4.79 Å². The van der Waals surface area contributed by atoms with E-state index in [0.717, 1.165) is 10.2 Å². The minimum absolute atomic E-state index is 0.0383. The number of sulfonamides is 1. The second-order valence-electron chi connectivity index (χ2n) is 4.92. The number of nitrogens with two attached hydrogens (primary N) is 1. The van der Waals surface area contributed by atoms with Gasteiger partial charge in [-0.05, 0) is 38.1 Å². The molecule has 1 atom stereocenters. The van der Waals surface area contributed by atoms with Gasteiger partial charge in [-0.2, -0.15) is 13.5 Å². The molecule has 0 aliphatic carbocycles. The van der Waals surface area contributed by atoms with Crippen molar-refractivity contribution in [2.24, 2.45) is 10.1 Å². The molecule has 0 aliphatic rings. The Bertz CT molecular complexity index is 904. The van der Waals surface area contributed by atoms with Gasteiger partial charge in [0.1, 0.15) is 11.2 Å². The van der Waals surface area contributed by atoms with Crippen LogP contribution < -0.4 is 11.2 Å². The minimum atomic E-state index is -3.96. The van der Waals surface area contributed by atoms with Gasteiger partial charge in [0.05, 0.1) is 4.90 Å². The number of carbonyl (C=O) groups is 1. The van der Waals surface area contributed by atoms with Crippen LogP contribution in [0.2, 0.25) is 5.15 Å². The predicted molar refractivity (Wildman–Crippen MR) is 85.1 cm³/mol. The summed E-state index contributed by atoms with van der Waals surface area (Å²) in [5, 5.41) is 4.00. The van der Waals surface area contributed by atoms with Gasteiger partial charge in [-0.15, -0.1) is 4.40 Å². The monoisotopic (exact) mass is 354 g/mol. The first-order valence-electron chi connectivity index (χ1n) is 6.63. The number of hydrogen-bond donors (Lipinski definition) is 1. The molecule has 1 aromatic heterocycles. The van der Waals surface area contributed by atoms with Crippen molar-refractivity contribution in [3.8, 4) is 0 Å². The number of primary amides is 1. The van der Waals surface area contributed by atoms with Gasteiger partial charge >= 0.3 is 0 Å². The molecule has 1 heterocycles. The molecule has 0 bridgehead atoms. The molecule has 0 radical (unpaired) electrons. The molecule has 0 saturated heterocycles. The van der Waals surface area contributed by atoms with Crippen molar-refractivity contribution in [2.75, 3.05) is 0 Å². The molecule has 0 fully saturated rings. The van der Waals surface area contributed by atoms with Gasteiger partial charge in [0.2, 0.25) is 5.91 Å². The number of nitrogens with zero attached hydrogens (tertiary/aromatic N) is 3. The standard InChI is InChI=1S/C14H15ClN4O3S/c1-9-3-5-11(6-4-9)23(21,22)18-13-8-7-12(15)17-19(13)10(2)14(16)20/h3-8,10H,1-2H3,(H2,16,20)/b18-13+. The number of aryl methyl sites for hydroxylation is 1. The molecule has 2 aromatic rings. The van der Waals surface area contributed by atoms with Crippen LogP contribution in [0.3, 0.4) is 0 Å². The van der Waals surface area contributed by atoms with Crippen molar-refractivity contribution >= 4 is 27.5 Å². The third kappa shape index (κ3) is 3.96. The van der Waals surface area contributed by atoms with E-state index in [-0.39, 0.29) is 15.5 Å². The normalized spacial score (nSPS) is 13.8. The number of halogens is 1. The molecule has 2 N–H and O–H groups in total. The summed E-state index contributed by atoms with van der Waals surface area (Å²) < 4.78 is 29.6. The van der Waals surface area contributed by atoms with E-state index in [1.807, 2.05) is 6.92 Å². The summed E-state index contributed by atoms with van der Waals surface area (Å²) in [5.41, 5.74) is 6.13. The van der Waals surface area contributed by atoms with Crippen LogP contribution in [0.25, 0.3) is 0 Å². The maximum Gasteiger partial charge on any atom is 0.284 e. The molecule has 7 nitrogen and oxygen atoms in total. The van der Waals surface area contributed by atoms with Gasteiger partial charge in [0.25, 0.3) is 10.0 Å². The summed E-state index contributed by atoms with van der Waals surface area (Å²) in [6, 6.07) is 8.10. The van der Waals surface area contributed by atoms with Gasteiger partial charge < -0.3 is 5.73 Å². The van der Waals surface area contributed by atoms with Crippen molar-refractivity contribution in [3.05, 3.63) is 52.6 Å². The van der Waals surface area contributed by atoms with Gasteiger partial charge in [-0.1, -0.05) is 29.3 Å². The lowest BCUT2D eigenvalue weighted by Crippen LogP contribution is -2.34. The molecule has 0 spiro atoms. The first-order chi connectivity index (χ1) is 10.7. The topological polar surface area (TPSA) is 107 Å². The van der Waals surface area contributed by atoms with Gasteiger partial charge in [0.15, 0.2) is 5.49 Å². The fourth-order valence-electron chi connectivity index (χ4n) is 1.77. The zero-order chi connectivity index (χ0) is 17.2. The van der Waals surface area contributed by atoms with E-state index in [2.05, 4.69) is 9.50 Å². The molecule has 1 aromatic carbocycles. The summed E-state index contributed by atoms with van der Waals surface area (Å²) >= 11 is 5.80. The number of benzene rings is 1. The number of carbonyl (C=O) groups excluding carboxylic acids is 1. The Morgan fingerprint density at radius 3 is 2.43 bits per heavy atom. The molecule has 122 valence electrons. The SMILES string of the molecule is Cc1ccc(S(=O)(=O)/N=c2\ccc(Cl)nn2C(C)C(N)=O)cc1. The fraction of sp³-hybridized carbons (Fsp3) is 0.214.